The first-order chi connectivity index (χ1) is 12.9. The molecule has 0 aliphatic rings. The standard InChI is InChI=1S/C20H17ClN2O4/c1-3-27-13-8-9-16(21)15(10-13)14-6-4-5-7-17(14)23-11-18(25)20(26)19(22-23)12(2)24/h4-11,25H,3H2,1-2H3. The highest BCUT2D eigenvalue weighted by atomic mass is 35.5. The zero-order valence-electron chi connectivity index (χ0n) is 14.8. The lowest BCUT2D eigenvalue weighted by Gasteiger charge is -2.15. The minimum atomic E-state index is -0.799. The molecule has 0 aliphatic carbocycles. The van der Waals surface area contributed by atoms with Gasteiger partial charge in [0.1, 0.15) is 5.75 Å². The maximum atomic E-state index is 11.9. The van der Waals surface area contributed by atoms with Gasteiger partial charge in [0.2, 0.25) is 0 Å². The molecule has 6 nitrogen and oxygen atoms in total. The maximum absolute atomic E-state index is 11.9. The molecule has 0 amide bonds. The molecule has 0 aliphatic heterocycles. The van der Waals surface area contributed by atoms with Crippen LogP contribution >= 0.6 is 11.6 Å². The molecule has 1 aromatic heterocycles. The first-order valence-corrected chi connectivity index (χ1v) is 8.66. The molecule has 0 radical (unpaired) electrons. The smallest absolute Gasteiger partial charge is 0.252 e. The lowest BCUT2D eigenvalue weighted by atomic mass is 10.0. The lowest BCUT2D eigenvalue weighted by Crippen LogP contribution is -2.20. The van der Waals surface area contributed by atoms with E-state index >= 15 is 0 Å². The fourth-order valence-corrected chi connectivity index (χ4v) is 2.92. The van der Waals surface area contributed by atoms with E-state index in [-0.39, 0.29) is 5.69 Å². The second kappa shape index (κ2) is 7.63. The zero-order chi connectivity index (χ0) is 19.6. The van der Waals surface area contributed by atoms with E-state index in [1.165, 1.54) is 17.8 Å². The van der Waals surface area contributed by atoms with Gasteiger partial charge in [0, 0.05) is 23.1 Å². The number of Topliss-reactive ketones (excluding diaryl/α,β-unsaturated/α-hetero) is 1. The monoisotopic (exact) mass is 384 g/mol. The summed E-state index contributed by atoms with van der Waals surface area (Å²) < 4.78 is 6.85. The highest BCUT2D eigenvalue weighted by Crippen LogP contribution is 2.35. The minimum Gasteiger partial charge on any atom is -0.503 e. The van der Waals surface area contributed by atoms with Gasteiger partial charge in [-0.15, -0.1) is 0 Å². The molecule has 0 unspecified atom stereocenters. The zero-order valence-corrected chi connectivity index (χ0v) is 15.5. The van der Waals surface area contributed by atoms with E-state index in [0.717, 1.165) is 0 Å². The summed E-state index contributed by atoms with van der Waals surface area (Å²) in [5, 5.41) is 14.6. The van der Waals surface area contributed by atoms with Gasteiger partial charge < -0.3 is 9.84 Å². The Morgan fingerprint density at radius 2 is 1.96 bits per heavy atom. The van der Waals surface area contributed by atoms with Crippen molar-refractivity contribution in [3.8, 4) is 28.3 Å². The van der Waals surface area contributed by atoms with Gasteiger partial charge in [-0.3, -0.25) is 9.59 Å². The first-order valence-electron chi connectivity index (χ1n) is 8.28. The van der Waals surface area contributed by atoms with Crippen molar-refractivity contribution in [3.05, 3.63) is 69.6 Å². The summed E-state index contributed by atoms with van der Waals surface area (Å²) in [5.74, 6) is -0.426. The number of ketones is 1. The van der Waals surface area contributed by atoms with Crippen LogP contribution in [0.4, 0.5) is 0 Å². The molecule has 0 spiro atoms. The van der Waals surface area contributed by atoms with Crippen molar-refractivity contribution in [3.63, 3.8) is 0 Å². The summed E-state index contributed by atoms with van der Waals surface area (Å²) in [6.45, 7) is 3.63. The number of carbonyl (C=O) groups is 1. The van der Waals surface area contributed by atoms with Crippen molar-refractivity contribution in [2.75, 3.05) is 6.61 Å². The molecule has 0 saturated carbocycles. The topological polar surface area (TPSA) is 81.4 Å². The number of hydrogen-bond donors (Lipinski definition) is 1. The van der Waals surface area contributed by atoms with Crippen LogP contribution in [0.25, 0.3) is 16.8 Å². The number of nitrogens with zero attached hydrogens (tertiary/aromatic N) is 2. The average Bonchev–Trinajstić information content (AvgIpc) is 2.65. The number of ether oxygens (including phenoxy) is 1. The van der Waals surface area contributed by atoms with E-state index in [1.54, 1.807) is 30.3 Å². The number of rotatable bonds is 5. The summed E-state index contributed by atoms with van der Waals surface area (Å²) in [5.41, 5.74) is 0.814. The highest BCUT2D eigenvalue weighted by Gasteiger charge is 2.16. The molecule has 3 aromatic rings. The number of aromatic hydroxyl groups is 1. The van der Waals surface area contributed by atoms with Crippen molar-refractivity contribution in [1.29, 1.82) is 0 Å². The van der Waals surface area contributed by atoms with Crippen molar-refractivity contribution < 1.29 is 14.6 Å². The van der Waals surface area contributed by atoms with Crippen LogP contribution in [0.5, 0.6) is 11.5 Å². The summed E-state index contributed by atoms with van der Waals surface area (Å²) in [4.78, 5) is 23.6. The van der Waals surface area contributed by atoms with Crippen molar-refractivity contribution in [2.45, 2.75) is 13.8 Å². The Bertz CT molecular complexity index is 1080. The SMILES string of the molecule is CCOc1ccc(Cl)c(-c2ccccc2-n2cc(O)c(=O)c(C(C)=O)n2)c1. The molecule has 0 fully saturated rings. The molecule has 2 aromatic carbocycles. The maximum Gasteiger partial charge on any atom is 0.252 e. The molecule has 0 saturated heterocycles. The van der Waals surface area contributed by atoms with Crippen LogP contribution in [-0.4, -0.2) is 27.3 Å². The Morgan fingerprint density at radius 3 is 2.67 bits per heavy atom. The molecular weight excluding hydrogens is 368 g/mol. The van der Waals surface area contributed by atoms with Crippen molar-refractivity contribution in [2.24, 2.45) is 0 Å². The normalized spacial score (nSPS) is 10.6. The number of aromatic nitrogens is 2. The van der Waals surface area contributed by atoms with Gasteiger partial charge in [0.05, 0.1) is 18.5 Å². The number of carbonyl (C=O) groups excluding carboxylic acids is 1. The third-order valence-electron chi connectivity index (χ3n) is 3.92. The Kier molecular flexibility index (Phi) is 5.28. The quantitative estimate of drug-likeness (QED) is 0.675. The van der Waals surface area contributed by atoms with E-state index in [0.29, 0.717) is 34.2 Å². The average molecular weight is 385 g/mol. The molecule has 1 N–H and O–H groups in total. The van der Waals surface area contributed by atoms with Crippen LogP contribution in [0, 0.1) is 0 Å². The van der Waals surface area contributed by atoms with E-state index in [4.69, 9.17) is 16.3 Å². The Balaban J connectivity index is 2.24. The number of para-hydroxylation sites is 1. The van der Waals surface area contributed by atoms with Crippen LogP contribution in [0.2, 0.25) is 5.02 Å². The van der Waals surface area contributed by atoms with Crippen LogP contribution in [-0.2, 0) is 0 Å². The third-order valence-corrected chi connectivity index (χ3v) is 4.25. The van der Waals surface area contributed by atoms with E-state index in [2.05, 4.69) is 5.10 Å². The fraction of sp³-hybridized carbons (Fsp3) is 0.150. The second-order valence-corrected chi connectivity index (χ2v) is 6.19. The largest absolute Gasteiger partial charge is 0.503 e. The Morgan fingerprint density at radius 1 is 1.22 bits per heavy atom. The van der Waals surface area contributed by atoms with E-state index < -0.39 is 17.0 Å². The predicted octanol–water partition coefficient (Wildman–Crippen LogP) is 3.86. The fourth-order valence-electron chi connectivity index (χ4n) is 2.70. The number of halogens is 1. The predicted molar refractivity (Wildman–Crippen MR) is 103 cm³/mol. The molecule has 138 valence electrons. The van der Waals surface area contributed by atoms with Crippen LogP contribution in [0.3, 0.4) is 0 Å². The van der Waals surface area contributed by atoms with Crippen molar-refractivity contribution in [1.82, 2.24) is 9.78 Å². The van der Waals surface area contributed by atoms with Crippen molar-refractivity contribution >= 4 is 17.4 Å². The Labute approximate surface area is 160 Å². The minimum absolute atomic E-state index is 0.334. The number of hydrogen-bond acceptors (Lipinski definition) is 5. The molecule has 0 bridgehead atoms. The molecule has 1 heterocycles. The van der Waals surface area contributed by atoms with E-state index in [1.807, 2.05) is 19.1 Å². The van der Waals surface area contributed by atoms with Gasteiger partial charge in [0.15, 0.2) is 17.2 Å². The van der Waals surface area contributed by atoms with Crippen LogP contribution in [0.15, 0.2) is 53.5 Å². The van der Waals surface area contributed by atoms with Gasteiger partial charge in [-0.05, 0) is 31.2 Å². The van der Waals surface area contributed by atoms with Gasteiger partial charge >= 0.3 is 0 Å². The highest BCUT2D eigenvalue weighted by molar-refractivity contribution is 6.33. The Hall–Kier alpha value is -3.12. The lowest BCUT2D eigenvalue weighted by molar-refractivity contribution is 0.100. The second-order valence-electron chi connectivity index (χ2n) is 5.78. The summed E-state index contributed by atoms with van der Waals surface area (Å²) in [6.07, 6.45) is 1.17. The first kappa shape index (κ1) is 18.7. The third kappa shape index (κ3) is 3.71. The van der Waals surface area contributed by atoms with Gasteiger partial charge in [-0.1, -0.05) is 29.8 Å². The molecule has 3 rings (SSSR count). The summed E-state index contributed by atoms with van der Waals surface area (Å²) in [7, 11) is 0. The van der Waals surface area contributed by atoms with Gasteiger partial charge in [-0.2, -0.15) is 5.10 Å². The van der Waals surface area contributed by atoms with E-state index in [9.17, 15) is 14.7 Å². The molecule has 0 atom stereocenters. The molecular formula is C20H17ClN2O4. The molecule has 27 heavy (non-hydrogen) atoms. The summed E-state index contributed by atoms with van der Waals surface area (Å²) in [6, 6.07) is 12.5. The van der Waals surface area contributed by atoms with Crippen LogP contribution < -0.4 is 10.2 Å². The van der Waals surface area contributed by atoms with Crippen LogP contribution in [0.1, 0.15) is 24.3 Å². The van der Waals surface area contributed by atoms with Gasteiger partial charge in [0.25, 0.3) is 5.43 Å². The molecule has 7 heteroatoms. The number of benzene rings is 2. The summed E-state index contributed by atoms with van der Waals surface area (Å²) >= 11 is 6.39. The van der Waals surface area contributed by atoms with Gasteiger partial charge in [-0.25, -0.2) is 4.68 Å².